The Hall–Kier alpha value is -3.88. The van der Waals surface area contributed by atoms with Crippen molar-refractivity contribution in [1.29, 1.82) is 0 Å². The molecule has 0 unspecified atom stereocenters. The number of rotatable bonds is 11. The van der Waals surface area contributed by atoms with E-state index in [0.717, 1.165) is 73.4 Å². The molecule has 0 spiro atoms. The molecule has 4 rings (SSSR count). The van der Waals surface area contributed by atoms with Crippen LogP contribution < -0.4 is 4.90 Å². The van der Waals surface area contributed by atoms with E-state index in [9.17, 15) is 22.4 Å². The minimum atomic E-state index is -4.37. The Balaban J connectivity index is 0.00000110. The third kappa shape index (κ3) is 10.9. The second-order valence-electron chi connectivity index (χ2n) is 9.45. The highest BCUT2D eigenvalue weighted by Crippen LogP contribution is 2.38. The topological polar surface area (TPSA) is 59.0 Å². The molecule has 0 aliphatic heterocycles. The van der Waals surface area contributed by atoms with Gasteiger partial charge < -0.3 is 4.90 Å². The Kier molecular flexibility index (Phi) is 13.9. The predicted octanol–water partition coefficient (Wildman–Crippen LogP) is 8.88. The molecule has 2 aromatic heterocycles. The van der Waals surface area contributed by atoms with Crippen LogP contribution in [0.2, 0.25) is 0 Å². The second-order valence-corrected chi connectivity index (χ2v) is 9.45. The lowest BCUT2D eigenvalue weighted by Crippen LogP contribution is -2.31. The number of hydrogen-bond acceptors (Lipinski definition) is 4. The average molecular weight is 571 g/mol. The Morgan fingerprint density at radius 2 is 1.68 bits per heavy atom. The van der Waals surface area contributed by atoms with Gasteiger partial charge >= 0.3 is 6.18 Å². The number of carbonyl (C=O) groups excluding carboxylic acids is 1. The van der Waals surface area contributed by atoms with Crippen LogP contribution in [0.1, 0.15) is 74.9 Å². The van der Waals surface area contributed by atoms with Crippen molar-refractivity contribution < 1.29 is 22.4 Å². The van der Waals surface area contributed by atoms with Crippen molar-refractivity contribution in [2.75, 3.05) is 11.4 Å². The van der Waals surface area contributed by atoms with Gasteiger partial charge in [0.25, 0.3) is 0 Å². The number of unbranched alkanes of at least 4 members (excludes halogenated alkanes) is 2. The molecule has 3 aromatic rings. The quantitative estimate of drug-likeness (QED) is 0.131. The number of anilines is 1. The van der Waals surface area contributed by atoms with Gasteiger partial charge in [0.15, 0.2) is 0 Å². The van der Waals surface area contributed by atoms with Gasteiger partial charge in [0.05, 0.1) is 11.9 Å². The fourth-order valence-corrected chi connectivity index (χ4v) is 4.13. The molecule has 0 radical (unpaired) electrons. The Morgan fingerprint density at radius 1 is 1.00 bits per heavy atom. The molecule has 1 saturated carbocycles. The number of carbonyl (C=O) groups is 1. The fraction of sp³-hybridized carbons (Fsp3) is 0.375. The molecule has 1 aliphatic rings. The highest BCUT2D eigenvalue weighted by atomic mass is 19.4. The zero-order chi connectivity index (χ0) is 30.3. The van der Waals surface area contributed by atoms with Crippen molar-refractivity contribution >= 4 is 11.6 Å². The van der Waals surface area contributed by atoms with Gasteiger partial charge in [0.2, 0.25) is 5.91 Å². The number of halogens is 4. The van der Waals surface area contributed by atoms with E-state index in [4.69, 9.17) is 0 Å². The van der Waals surface area contributed by atoms with Crippen LogP contribution in [0.15, 0.2) is 81.1 Å². The predicted molar refractivity (Wildman–Crippen MR) is 156 cm³/mol. The molecule has 1 fully saturated rings. The molecule has 1 aliphatic carbocycles. The van der Waals surface area contributed by atoms with Crippen molar-refractivity contribution in [1.82, 2.24) is 15.0 Å². The van der Waals surface area contributed by atoms with Crippen molar-refractivity contribution in [2.24, 2.45) is 0 Å². The molecule has 0 bridgehead atoms. The van der Waals surface area contributed by atoms with Gasteiger partial charge in [-0.05, 0) is 68.4 Å². The number of amides is 1. The standard InChI is InChI=1S/C28H31F3N4O.C2H3F.C2H4/c1-2-7-26(36)35(15-5-3-4-9-24-14-13-23(19-32-24)28(29,30)31)25-10-6-8-21(16-25)22-17-33-27(34-18-22)20-11-12-20;1-2-3;1-2/h6,8,10,13-14,16-20H,2-5,7,9,11-12,15H2,1H3;2H,1H2;1-2H2. The van der Waals surface area contributed by atoms with E-state index in [1.54, 1.807) is 0 Å². The molecule has 0 atom stereocenters. The molecule has 1 amide bonds. The molecular formula is C32H38F4N4O. The summed E-state index contributed by atoms with van der Waals surface area (Å²) >= 11 is 0. The van der Waals surface area contributed by atoms with Crippen LogP contribution >= 0.6 is 0 Å². The molecule has 0 N–H and O–H groups in total. The summed E-state index contributed by atoms with van der Waals surface area (Å²) < 4.78 is 48.1. The zero-order valence-corrected chi connectivity index (χ0v) is 23.5. The summed E-state index contributed by atoms with van der Waals surface area (Å²) in [4.78, 5) is 27.7. The highest BCUT2D eigenvalue weighted by molar-refractivity contribution is 5.94. The van der Waals surface area contributed by atoms with Crippen LogP contribution in [-0.4, -0.2) is 27.4 Å². The Labute approximate surface area is 240 Å². The van der Waals surface area contributed by atoms with Crippen molar-refractivity contribution in [3.63, 3.8) is 0 Å². The van der Waals surface area contributed by atoms with E-state index in [1.807, 2.05) is 48.5 Å². The van der Waals surface area contributed by atoms with E-state index in [-0.39, 0.29) is 12.2 Å². The number of aromatic nitrogens is 3. The summed E-state index contributed by atoms with van der Waals surface area (Å²) in [6.07, 6.45) is 7.06. The van der Waals surface area contributed by atoms with Crippen LogP contribution in [0, 0.1) is 0 Å². The number of hydrogen-bond donors (Lipinski definition) is 0. The van der Waals surface area contributed by atoms with E-state index in [0.29, 0.717) is 31.0 Å². The van der Waals surface area contributed by atoms with Crippen molar-refractivity contribution in [3.8, 4) is 11.1 Å². The minimum Gasteiger partial charge on any atom is -0.312 e. The lowest BCUT2D eigenvalue weighted by molar-refractivity contribution is -0.137. The number of alkyl halides is 3. The first kappa shape index (κ1) is 33.3. The van der Waals surface area contributed by atoms with Crippen molar-refractivity contribution in [3.05, 3.63) is 98.1 Å². The first-order chi connectivity index (χ1) is 19.8. The van der Waals surface area contributed by atoms with Gasteiger partial charge in [-0.15, -0.1) is 13.2 Å². The van der Waals surface area contributed by atoms with Gasteiger partial charge in [-0.1, -0.05) is 32.1 Å². The van der Waals surface area contributed by atoms with Gasteiger partial charge in [-0.3, -0.25) is 9.78 Å². The van der Waals surface area contributed by atoms with E-state index in [1.165, 1.54) is 6.07 Å². The first-order valence-corrected chi connectivity index (χ1v) is 13.7. The maximum absolute atomic E-state index is 12.9. The number of aryl methyl sites for hydroxylation is 1. The minimum absolute atomic E-state index is 0.0828. The number of benzene rings is 1. The van der Waals surface area contributed by atoms with Gasteiger partial charge in [0, 0.05) is 54.4 Å². The fourth-order valence-electron chi connectivity index (χ4n) is 4.13. The number of pyridine rings is 1. The molecule has 2 heterocycles. The summed E-state index contributed by atoms with van der Waals surface area (Å²) in [5.74, 6) is 1.49. The largest absolute Gasteiger partial charge is 0.417 e. The van der Waals surface area contributed by atoms with Crippen LogP contribution in [0.3, 0.4) is 0 Å². The summed E-state index contributed by atoms with van der Waals surface area (Å²) in [7, 11) is 0. The van der Waals surface area contributed by atoms with Crippen LogP contribution in [0.5, 0.6) is 0 Å². The summed E-state index contributed by atoms with van der Waals surface area (Å²) in [6, 6.07) is 10.4. The van der Waals surface area contributed by atoms with Crippen LogP contribution in [0.4, 0.5) is 23.2 Å². The second kappa shape index (κ2) is 17.0. The van der Waals surface area contributed by atoms with E-state index in [2.05, 4.69) is 34.7 Å². The smallest absolute Gasteiger partial charge is 0.312 e. The van der Waals surface area contributed by atoms with E-state index >= 15 is 0 Å². The maximum Gasteiger partial charge on any atom is 0.417 e. The normalized spacial score (nSPS) is 12.3. The Bertz CT molecular complexity index is 1210. The highest BCUT2D eigenvalue weighted by Gasteiger charge is 2.30. The third-order valence-corrected chi connectivity index (χ3v) is 6.34. The molecule has 41 heavy (non-hydrogen) atoms. The summed E-state index contributed by atoms with van der Waals surface area (Å²) in [5.41, 5.74) is 2.65. The Morgan fingerprint density at radius 3 is 2.24 bits per heavy atom. The lowest BCUT2D eigenvalue weighted by Gasteiger charge is -2.23. The van der Waals surface area contributed by atoms with E-state index < -0.39 is 11.7 Å². The van der Waals surface area contributed by atoms with Crippen LogP contribution in [-0.2, 0) is 17.4 Å². The van der Waals surface area contributed by atoms with Crippen molar-refractivity contribution in [2.45, 2.75) is 70.4 Å². The van der Waals surface area contributed by atoms with Gasteiger partial charge in [0.1, 0.15) is 5.82 Å². The monoisotopic (exact) mass is 570 g/mol. The van der Waals surface area contributed by atoms with Gasteiger partial charge in [-0.2, -0.15) is 13.2 Å². The zero-order valence-electron chi connectivity index (χ0n) is 23.5. The molecular weight excluding hydrogens is 532 g/mol. The lowest BCUT2D eigenvalue weighted by atomic mass is 10.1. The molecule has 5 nitrogen and oxygen atoms in total. The molecule has 9 heteroatoms. The van der Waals surface area contributed by atoms with Gasteiger partial charge in [-0.25, -0.2) is 14.4 Å². The summed E-state index contributed by atoms with van der Waals surface area (Å²) in [5, 5.41) is 0. The maximum atomic E-state index is 12.9. The summed E-state index contributed by atoms with van der Waals surface area (Å²) in [6.45, 7) is 11.3. The first-order valence-electron chi connectivity index (χ1n) is 13.7. The molecule has 0 saturated heterocycles. The number of nitrogens with zero attached hydrogens (tertiary/aromatic N) is 4. The van der Waals surface area contributed by atoms with Crippen LogP contribution in [0.25, 0.3) is 11.1 Å². The molecule has 220 valence electrons. The molecule has 1 aromatic carbocycles. The third-order valence-electron chi connectivity index (χ3n) is 6.34. The average Bonchev–Trinajstić information content (AvgIpc) is 3.82. The SMILES string of the molecule is C=C.C=CF.CCCC(=O)N(CCCCCc1ccc(C(F)(F)F)cn1)c1cccc(-c2cnc(C3CC3)nc2)c1.